The number of carbonyl (C=O) groups excluding carboxylic acids is 2. The molecule has 0 bridgehead atoms. The van der Waals surface area contributed by atoms with Gasteiger partial charge in [-0.25, -0.2) is 4.57 Å². The zero-order valence-corrected chi connectivity index (χ0v) is 31.9. The van der Waals surface area contributed by atoms with Crippen molar-refractivity contribution in [2.24, 2.45) is 5.73 Å². The van der Waals surface area contributed by atoms with Gasteiger partial charge in [0.05, 0.1) is 13.2 Å². The summed E-state index contributed by atoms with van der Waals surface area (Å²) in [6.07, 6.45) is 33.6. The van der Waals surface area contributed by atoms with Crippen molar-refractivity contribution in [1.82, 2.24) is 0 Å². The summed E-state index contributed by atoms with van der Waals surface area (Å²) in [6, 6.07) is -1.52. The van der Waals surface area contributed by atoms with Crippen LogP contribution in [0, 0.1) is 0 Å². The number of esters is 2. The highest BCUT2D eigenvalue weighted by Crippen LogP contribution is 2.43. The smallest absolute Gasteiger partial charge is 0.472 e. The third kappa shape index (κ3) is 32.9. The van der Waals surface area contributed by atoms with Gasteiger partial charge in [0.15, 0.2) is 6.10 Å². The van der Waals surface area contributed by atoms with Gasteiger partial charge in [-0.1, -0.05) is 127 Å². The zero-order valence-electron chi connectivity index (χ0n) is 31.0. The topological polar surface area (TPSA) is 172 Å². The summed E-state index contributed by atoms with van der Waals surface area (Å²) in [5.74, 6) is -2.43. The van der Waals surface area contributed by atoms with Crippen molar-refractivity contribution in [2.75, 3.05) is 19.8 Å². The molecule has 0 amide bonds. The summed E-state index contributed by atoms with van der Waals surface area (Å²) in [5, 5.41) is 8.85. The van der Waals surface area contributed by atoms with E-state index in [0.717, 1.165) is 51.4 Å². The molecule has 0 aromatic heterocycles. The first-order chi connectivity index (χ1) is 24.1. The molecule has 50 heavy (non-hydrogen) atoms. The highest BCUT2D eigenvalue weighted by atomic mass is 31.2. The third-order valence-corrected chi connectivity index (χ3v) is 8.84. The molecule has 1 unspecified atom stereocenters. The average molecular weight is 730 g/mol. The van der Waals surface area contributed by atoms with Crippen LogP contribution >= 0.6 is 7.82 Å². The molecule has 0 aliphatic heterocycles. The molecule has 0 saturated heterocycles. The number of allylic oxidation sites excluding steroid dienone is 6. The Hall–Kier alpha value is -2.30. The fourth-order valence-electron chi connectivity index (χ4n) is 4.83. The van der Waals surface area contributed by atoms with Crippen LogP contribution in [-0.4, -0.2) is 59.9 Å². The summed E-state index contributed by atoms with van der Waals surface area (Å²) in [6.45, 7) is 2.70. The van der Waals surface area contributed by atoms with Gasteiger partial charge in [0.2, 0.25) is 0 Å². The Balaban J connectivity index is 4.51. The van der Waals surface area contributed by atoms with E-state index in [1.54, 1.807) is 0 Å². The number of unbranched alkanes of at least 4 members (excludes halogenated alkanes) is 15. The number of aliphatic carboxylic acids is 1. The maximum Gasteiger partial charge on any atom is 0.472 e. The minimum absolute atomic E-state index is 0.154. The van der Waals surface area contributed by atoms with Gasteiger partial charge >= 0.3 is 25.7 Å². The zero-order chi connectivity index (χ0) is 37.1. The van der Waals surface area contributed by atoms with E-state index in [1.807, 2.05) is 0 Å². The fraction of sp³-hybridized carbons (Fsp3) is 0.763. The van der Waals surface area contributed by atoms with Crippen molar-refractivity contribution < 1.29 is 47.5 Å². The van der Waals surface area contributed by atoms with Gasteiger partial charge in [-0.15, -0.1) is 0 Å². The number of hydrogen-bond donors (Lipinski definition) is 3. The number of rotatable bonds is 35. The van der Waals surface area contributed by atoms with E-state index < -0.39 is 51.1 Å². The number of carbonyl (C=O) groups is 3. The van der Waals surface area contributed by atoms with Crippen LogP contribution < -0.4 is 5.73 Å². The average Bonchev–Trinajstić information content (AvgIpc) is 3.09. The molecule has 12 heteroatoms. The number of ether oxygens (including phenoxy) is 2. The van der Waals surface area contributed by atoms with Crippen LogP contribution in [0.1, 0.15) is 155 Å². The lowest BCUT2D eigenvalue weighted by atomic mass is 10.1. The maximum absolute atomic E-state index is 12.5. The van der Waals surface area contributed by atoms with Gasteiger partial charge in [-0.05, 0) is 51.4 Å². The van der Waals surface area contributed by atoms with Gasteiger partial charge in [0.25, 0.3) is 0 Å². The second-order valence-corrected chi connectivity index (χ2v) is 14.2. The van der Waals surface area contributed by atoms with Crippen molar-refractivity contribution >= 4 is 25.7 Å². The molecular formula is C38H68NO10P. The molecule has 0 aromatic carbocycles. The second-order valence-electron chi connectivity index (χ2n) is 12.7. The Bertz CT molecular complexity index is 1000. The first-order valence-electron chi connectivity index (χ1n) is 19.0. The van der Waals surface area contributed by atoms with Crippen LogP contribution in [0.4, 0.5) is 0 Å². The van der Waals surface area contributed by atoms with E-state index in [1.165, 1.54) is 64.2 Å². The molecule has 4 N–H and O–H groups in total. The Morgan fingerprint density at radius 2 is 1.06 bits per heavy atom. The van der Waals surface area contributed by atoms with Crippen molar-refractivity contribution in [3.05, 3.63) is 36.5 Å². The van der Waals surface area contributed by atoms with Gasteiger partial charge in [0.1, 0.15) is 12.6 Å². The largest absolute Gasteiger partial charge is 0.480 e. The summed E-state index contributed by atoms with van der Waals surface area (Å²) in [4.78, 5) is 45.7. The summed E-state index contributed by atoms with van der Waals surface area (Å²) in [5.41, 5.74) is 5.31. The molecular weight excluding hydrogens is 661 g/mol. The quantitative estimate of drug-likeness (QED) is 0.0246. The number of hydrogen-bond acceptors (Lipinski definition) is 9. The molecule has 11 nitrogen and oxygen atoms in total. The van der Waals surface area contributed by atoms with Crippen LogP contribution in [0.2, 0.25) is 0 Å². The minimum Gasteiger partial charge on any atom is -0.480 e. The van der Waals surface area contributed by atoms with E-state index in [-0.39, 0.29) is 19.4 Å². The summed E-state index contributed by atoms with van der Waals surface area (Å²) < 4.78 is 32.5. The van der Waals surface area contributed by atoms with Crippen molar-refractivity contribution in [3.8, 4) is 0 Å². The lowest BCUT2D eigenvalue weighted by molar-refractivity contribution is -0.161. The molecule has 0 radical (unpaired) electrons. The Morgan fingerprint density at radius 1 is 0.620 bits per heavy atom. The molecule has 290 valence electrons. The van der Waals surface area contributed by atoms with Crippen LogP contribution in [0.5, 0.6) is 0 Å². The van der Waals surface area contributed by atoms with Gasteiger partial charge in [-0.2, -0.15) is 0 Å². The molecule has 0 aliphatic carbocycles. The van der Waals surface area contributed by atoms with Gasteiger partial charge in [0, 0.05) is 12.8 Å². The van der Waals surface area contributed by atoms with Gasteiger partial charge in [-0.3, -0.25) is 23.4 Å². The van der Waals surface area contributed by atoms with Crippen molar-refractivity contribution in [2.45, 2.75) is 167 Å². The van der Waals surface area contributed by atoms with E-state index in [2.05, 4.69) is 54.8 Å². The fourth-order valence-corrected chi connectivity index (χ4v) is 5.61. The van der Waals surface area contributed by atoms with E-state index >= 15 is 0 Å². The molecule has 3 atom stereocenters. The SMILES string of the molecule is CCCCC/C=C/C/C=C/C/C=C/CCCCC(=O)OC[C@H](COP(=O)(O)OC[C@H](N)C(=O)O)OC(=O)CCCCCCCCCCCCC. The lowest BCUT2D eigenvalue weighted by Crippen LogP contribution is -2.34. The van der Waals surface area contributed by atoms with E-state index in [9.17, 15) is 23.8 Å². The minimum atomic E-state index is -4.71. The molecule has 0 aromatic rings. The number of carboxylic acid groups (broad SMARTS) is 1. The van der Waals surface area contributed by atoms with Crippen molar-refractivity contribution in [1.29, 1.82) is 0 Å². The Morgan fingerprint density at radius 3 is 1.62 bits per heavy atom. The standard InChI is InChI=1S/C38H68NO10P/c1-3-5-7-9-11-13-15-16-17-18-20-21-23-25-27-29-36(40)46-31-34(32-47-50(44,45)48-33-35(39)38(42)43)49-37(41)30-28-26-24-22-19-14-12-10-8-6-4-2/h11,13,16-17,20-21,34-35H,3-10,12,14-15,18-19,22-33,39H2,1-2H3,(H,42,43)(H,44,45)/b13-11+,17-16+,21-20+/t34-,35+/m1/s1. The van der Waals surface area contributed by atoms with Crippen LogP contribution in [0.25, 0.3) is 0 Å². The lowest BCUT2D eigenvalue weighted by Gasteiger charge is -2.20. The molecule has 0 rings (SSSR count). The van der Waals surface area contributed by atoms with E-state index in [4.69, 9.17) is 24.8 Å². The normalized spacial score (nSPS) is 14.3. The van der Waals surface area contributed by atoms with Crippen molar-refractivity contribution in [3.63, 3.8) is 0 Å². The molecule has 0 saturated carbocycles. The highest BCUT2D eigenvalue weighted by Gasteiger charge is 2.28. The predicted octanol–water partition coefficient (Wildman–Crippen LogP) is 9.28. The first kappa shape index (κ1) is 47.7. The first-order valence-corrected chi connectivity index (χ1v) is 20.5. The molecule has 0 spiro atoms. The maximum atomic E-state index is 12.5. The Kier molecular flexibility index (Phi) is 32.3. The number of phosphoric ester groups is 1. The summed E-state index contributed by atoms with van der Waals surface area (Å²) in [7, 11) is -4.71. The molecule has 0 fully saturated rings. The van der Waals surface area contributed by atoms with Crippen LogP contribution in [0.15, 0.2) is 36.5 Å². The second kappa shape index (κ2) is 33.8. The highest BCUT2D eigenvalue weighted by molar-refractivity contribution is 7.47. The number of nitrogens with two attached hydrogens (primary N) is 1. The monoisotopic (exact) mass is 729 g/mol. The van der Waals surface area contributed by atoms with Gasteiger partial charge < -0.3 is 25.2 Å². The molecule has 0 heterocycles. The molecule has 0 aliphatic rings. The number of carboxylic acids is 1. The summed E-state index contributed by atoms with van der Waals surface area (Å²) >= 11 is 0. The number of phosphoric acid groups is 1. The Labute approximate surface area is 302 Å². The van der Waals surface area contributed by atoms with E-state index in [0.29, 0.717) is 12.8 Å². The van der Waals surface area contributed by atoms with Crippen LogP contribution in [-0.2, 0) is 37.5 Å². The van der Waals surface area contributed by atoms with Crippen LogP contribution in [0.3, 0.4) is 0 Å². The predicted molar refractivity (Wildman–Crippen MR) is 199 cm³/mol. The third-order valence-electron chi connectivity index (χ3n) is 7.89.